The Morgan fingerprint density at radius 3 is 3.25 bits per heavy atom. The van der Waals surface area contributed by atoms with E-state index in [1.165, 1.54) is 4.88 Å². The standard InChI is InChI=1S/C11H9N3OS/c12-6-7-4-9(7)11-13-10(14-15-11)5-8-2-1-3-16-8/h1-3,7,9H,4-5H2. The summed E-state index contributed by atoms with van der Waals surface area (Å²) >= 11 is 1.68. The molecule has 0 aromatic carbocycles. The maximum absolute atomic E-state index is 8.71. The summed E-state index contributed by atoms with van der Waals surface area (Å²) in [7, 11) is 0. The minimum absolute atomic E-state index is 0.0787. The monoisotopic (exact) mass is 231 g/mol. The molecule has 0 radical (unpaired) electrons. The van der Waals surface area contributed by atoms with Crippen molar-refractivity contribution in [1.82, 2.24) is 10.1 Å². The van der Waals surface area contributed by atoms with E-state index in [2.05, 4.69) is 22.3 Å². The number of nitrogens with zero attached hydrogens (tertiary/aromatic N) is 3. The molecule has 2 unspecified atom stereocenters. The van der Waals surface area contributed by atoms with E-state index >= 15 is 0 Å². The fourth-order valence-corrected chi connectivity index (χ4v) is 2.37. The maximum Gasteiger partial charge on any atom is 0.231 e. The molecule has 4 nitrogen and oxygen atoms in total. The first kappa shape index (κ1) is 9.55. The van der Waals surface area contributed by atoms with Gasteiger partial charge < -0.3 is 4.52 Å². The lowest BCUT2D eigenvalue weighted by atomic mass is 10.3. The molecule has 2 atom stereocenters. The fraction of sp³-hybridized carbons (Fsp3) is 0.364. The molecule has 3 rings (SSSR count). The van der Waals surface area contributed by atoms with Crippen molar-refractivity contribution in [2.45, 2.75) is 18.8 Å². The van der Waals surface area contributed by atoms with Crippen molar-refractivity contribution in [2.75, 3.05) is 0 Å². The summed E-state index contributed by atoms with van der Waals surface area (Å²) in [4.78, 5) is 5.55. The van der Waals surface area contributed by atoms with Gasteiger partial charge in [-0.15, -0.1) is 11.3 Å². The second kappa shape index (κ2) is 3.72. The summed E-state index contributed by atoms with van der Waals surface area (Å²) in [5, 5.41) is 14.7. The van der Waals surface area contributed by atoms with Gasteiger partial charge in [-0.25, -0.2) is 0 Å². The topological polar surface area (TPSA) is 62.7 Å². The maximum atomic E-state index is 8.71. The van der Waals surface area contributed by atoms with Crippen LogP contribution in [-0.2, 0) is 6.42 Å². The van der Waals surface area contributed by atoms with Crippen LogP contribution >= 0.6 is 11.3 Å². The van der Waals surface area contributed by atoms with Crippen LogP contribution in [0.25, 0.3) is 0 Å². The van der Waals surface area contributed by atoms with Gasteiger partial charge in [0.1, 0.15) is 0 Å². The second-order valence-electron chi connectivity index (χ2n) is 3.88. The van der Waals surface area contributed by atoms with Crippen molar-refractivity contribution in [3.05, 3.63) is 34.1 Å². The molecule has 2 aromatic rings. The molecule has 0 amide bonds. The molecule has 16 heavy (non-hydrogen) atoms. The Labute approximate surface area is 96.5 Å². The minimum atomic E-state index is 0.0787. The van der Waals surface area contributed by atoms with Crippen LogP contribution in [0.4, 0.5) is 0 Å². The van der Waals surface area contributed by atoms with Crippen LogP contribution in [0.1, 0.15) is 28.9 Å². The average molecular weight is 231 g/mol. The third-order valence-electron chi connectivity index (χ3n) is 2.67. The smallest absolute Gasteiger partial charge is 0.231 e. The highest BCUT2D eigenvalue weighted by Gasteiger charge is 2.43. The first-order valence-electron chi connectivity index (χ1n) is 5.11. The lowest BCUT2D eigenvalue weighted by Gasteiger charge is -1.87. The predicted molar refractivity (Wildman–Crippen MR) is 57.9 cm³/mol. The van der Waals surface area contributed by atoms with E-state index < -0.39 is 0 Å². The minimum Gasteiger partial charge on any atom is -0.339 e. The van der Waals surface area contributed by atoms with Crippen LogP contribution in [0, 0.1) is 17.2 Å². The largest absolute Gasteiger partial charge is 0.339 e. The van der Waals surface area contributed by atoms with Crippen LogP contribution in [-0.4, -0.2) is 10.1 Å². The first-order valence-corrected chi connectivity index (χ1v) is 5.99. The highest BCUT2D eigenvalue weighted by atomic mass is 32.1. The third-order valence-corrected chi connectivity index (χ3v) is 3.55. The zero-order valence-electron chi connectivity index (χ0n) is 8.46. The zero-order chi connectivity index (χ0) is 11.0. The lowest BCUT2D eigenvalue weighted by Crippen LogP contribution is -1.88. The molecule has 5 heteroatoms. The number of thiophene rings is 1. The van der Waals surface area contributed by atoms with Crippen LogP contribution < -0.4 is 0 Å². The Morgan fingerprint density at radius 2 is 2.56 bits per heavy atom. The van der Waals surface area contributed by atoms with Gasteiger partial charge in [-0.3, -0.25) is 0 Å². The van der Waals surface area contributed by atoms with E-state index in [0.29, 0.717) is 18.1 Å². The van der Waals surface area contributed by atoms with E-state index in [-0.39, 0.29) is 11.8 Å². The normalized spacial score (nSPS) is 22.9. The quantitative estimate of drug-likeness (QED) is 0.813. The van der Waals surface area contributed by atoms with E-state index in [1.807, 2.05) is 11.4 Å². The molecule has 1 aliphatic carbocycles. The molecule has 80 valence electrons. The predicted octanol–water partition coefficient (Wildman–Crippen LogP) is 2.35. The third kappa shape index (κ3) is 1.72. The summed E-state index contributed by atoms with van der Waals surface area (Å²) in [6, 6.07) is 6.28. The first-order chi connectivity index (χ1) is 7.86. The van der Waals surface area contributed by atoms with Gasteiger partial charge in [0, 0.05) is 11.3 Å². The van der Waals surface area contributed by atoms with E-state index in [9.17, 15) is 0 Å². The molecule has 0 spiro atoms. The van der Waals surface area contributed by atoms with Gasteiger partial charge in [0.05, 0.1) is 17.9 Å². The molecule has 2 heterocycles. The number of aromatic nitrogens is 2. The molecular formula is C11H9N3OS. The average Bonchev–Trinajstić information content (AvgIpc) is 2.72. The molecule has 0 aliphatic heterocycles. The van der Waals surface area contributed by atoms with E-state index in [0.717, 1.165) is 6.42 Å². The molecule has 2 aromatic heterocycles. The Hall–Kier alpha value is -1.67. The van der Waals surface area contributed by atoms with Crippen LogP contribution in [0.2, 0.25) is 0 Å². The zero-order valence-corrected chi connectivity index (χ0v) is 9.28. The summed E-state index contributed by atoms with van der Waals surface area (Å²) < 4.78 is 5.16. The van der Waals surface area contributed by atoms with Crippen LogP contribution in [0.3, 0.4) is 0 Å². The van der Waals surface area contributed by atoms with Crippen LogP contribution in [0.15, 0.2) is 22.0 Å². The Kier molecular flexibility index (Phi) is 2.22. The van der Waals surface area contributed by atoms with Gasteiger partial charge in [-0.2, -0.15) is 10.2 Å². The second-order valence-corrected chi connectivity index (χ2v) is 4.92. The van der Waals surface area contributed by atoms with Crippen molar-refractivity contribution < 1.29 is 4.52 Å². The number of hydrogen-bond acceptors (Lipinski definition) is 5. The molecule has 1 fully saturated rings. The SMILES string of the molecule is N#CC1CC1c1nc(Cc2cccs2)no1. The number of hydrogen-bond donors (Lipinski definition) is 0. The van der Waals surface area contributed by atoms with E-state index in [1.54, 1.807) is 11.3 Å². The highest BCUT2D eigenvalue weighted by molar-refractivity contribution is 7.09. The summed E-state index contributed by atoms with van der Waals surface area (Å²) in [6.07, 6.45) is 1.57. The molecule has 1 aliphatic rings. The summed E-state index contributed by atoms with van der Waals surface area (Å²) in [6.45, 7) is 0. The summed E-state index contributed by atoms with van der Waals surface area (Å²) in [5.41, 5.74) is 0. The van der Waals surface area contributed by atoms with Crippen molar-refractivity contribution in [1.29, 1.82) is 5.26 Å². The van der Waals surface area contributed by atoms with Crippen LogP contribution in [0.5, 0.6) is 0 Å². The molecule has 0 N–H and O–H groups in total. The van der Waals surface area contributed by atoms with Gasteiger partial charge in [0.25, 0.3) is 0 Å². The lowest BCUT2D eigenvalue weighted by molar-refractivity contribution is 0.373. The fourth-order valence-electron chi connectivity index (χ4n) is 1.67. The van der Waals surface area contributed by atoms with Gasteiger partial charge in [0.15, 0.2) is 5.82 Å². The molecule has 0 saturated heterocycles. The molecular weight excluding hydrogens is 222 g/mol. The van der Waals surface area contributed by atoms with Gasteiger partial charge in [0.2, 0.25) is 5.89 Å². The van der Waals surface area contributed by atoms with Crippen molar-refractivity contribution in [3.8, 4) is 6.07 Å². The Balaban J connectivity index is 1.72. The summed E-state index contributed by atoms with van der Waals surface area (Å²) in [5.74, 6) is 1.59. The highest BCUT2D eigenvalue weighted by Crippen LogP contribution is 2.46. The Bertz CT molecular complexity index is 526. The molecule has 1 saturated carbocycles. The number of nitriles is 1. The van der Waals surface area contributed by atoms with E-state index in [4.69, 9.17) is 9.78 Å². The van der Waals surface area contributed by atoms with Crippen molar-refractivity contribution in [3.63, 3.8) is 0 Å². The van der Waals surface area contributed by atoms with Crippen molar-refractivity contribution >= 4 is 11.3 Å². The van der Waals surface area contributed by atoms with Gasteiger partial charge >= 0.3 is 0 Å². The van der Waals surface area contributed by atoms with Gasteiger partial charge in [-0.05, 0) is 17.9 Å². The number of rotatable bonds is 3. The van der Waals surface area contributed by atoms with Gasteiger partial charge in [-0.1, -0.05) is 11.2 Å². The molecule has 0 bridgehead atoms. The van der Waals surface area contributed by atoms with Crippen molar-refractivity contribution in [2.24, 2.45) is 5.92 Å². The Morgan fingerprint density at radius 1 is 1.62 bits per heavy atom.